The Balaban J connectivity index is 1.63. The Morgan fingerprint density at radius 3 is 2.34 bits per heavy atom. The van der Waals surface area contributed by atoms with Gasteiger partial charge in [0, 0.05) is 21.9 Å². The average molecular weight is 426 g/mol. The highest BCUT2D eigenvalue weighted by molar-refractivity contribution is 7.98. The monoisotopic (exact) mass is 425 g/mol. The first-order valence-electron chi connectivity index (χ1n) is 8.94. The summed E-state index contributed by atoms with van der Waals surface area (Å²) in [5, 5.41) is 3.05. The van der Waals surface area contributed by atoms with Crippen LogP contribution in [-0.2, 0) is 10.5 Å². The van der Waals surface area contributed by atoms with Crippen LogP contribution in [0.5, 0.6) is 0 Å². The molecule has 0 radical (unpaired) electrons. The van der Waals surface area contributed by atoms with Crippen LogP contribution in [0.1, 0.15) is 31.8 Å². The van der Waals surface area contributed by atoms with E-state index in [1.54, 1.807) is 36.0 Å². The second kappa shape index (κ2) is 9.63. The molecule has 4 nitrogen and oxygen atoms in total. The summed E-state index contributed by atoms with van der Waals surface area (Å²) in [4.78, 5) is 25.5. The number of thioether (sulfide) groups is 1. The van der Waals surface area contributed by atoms with Crippen LogP contribution in [0.4, 0.5) is 5.69 Å². The fourth-order valence-electron chi connectivity index (χ4n) is 2.63. The molecule has 0 aliphatic rings. The third kappa shape index (κ3) is 5.62. The second-order valence-electron chi connectivity index (χ2n) is 6.44. The highest BCUT2D eigenvalue weighted by Gasteiger charge is 2.13. The molecule has 0 fully saturated rings. The van der Waals surface area contributed by atoms with Crippen molar-refractivity contribution in [3.05, 3.63) is 94.0 Å². The molecule has 0 bridgehead atoms. The summed E-state index contributed by atoms with van der Waals surface area (Å²) in [5.41, 5.74) is 3.58. The van der Waals surface area contributed by atoms with E-state index in [0.717, 1.165) is 11.3 Å². The van der Waals surface area contributed by atoms with Gasteiger partial charge in [0.25, 0.3) is 5.91 Å². The van der Waals surface area contributed by atoms with Crippen LogP contribution in [0.2, 0.25) is 5.02 Å². The lowest BCUT2D eigenvalue weighted by Gasteiger charge is -2.09. The van der Waals surface area contributed by atoms with Crippen LogP contribution < -0.4 is 5.32 Å². The predicted octanol–water partition coefficient (Wildman–Crippen LogP) is 5.98. The van der Waals surface area contributed by atoms with Gasteiger partial charge in [0.15, 0.2) is 0 Å². The summed E-state index contributed by atoms with van der Waals surface area (Å²) in [6.45, 7) is 2.07. The number of anilines is 1. The number of carbonyl (C=O) groups excluding carboxylic acids is 2. The van der Waals surface area contributed by atoms with E-state index in [1.807, 2.05) is 12.1 Å². The fourth-order valence-corrected chi connectivity index (χ4v) is 3.68. The zero-order valence-electron chi connectivity index (χ0n) is 16.1. The minimum atomic E-state index is -0.554. The number of ether oxygens (including phenoxy) is 1. The van der Waals surface area contributed by atoms with E-state index >= 15 is 0 Å². The first-order valence-corrected chi connectivity index (χ1v) is 10.3. The van der Waals surface area contributed by atoms with E-state index in [9.17, 15) is 9.59 Å². The molecule has 29 heavy (non-hydrogen) atoms. The van der Waals surface area contributed by atoms with Gasteiger partial charge in [-0.2, -0.15) is 0 Å². The number of esters is 1. The quantitative estimate of drug-likeness (QED) is 0.390. The zero-order chi connectivity index (χ0) is 20.8. The molecule has 3 rings (SSSR count). The number of aryl methyl sites for hydroxylation is 1. The SMILES string of the molecule is COC(=O)c1cc(NC(=O)c2ccc(CSc3ccc(C)cc3)cc2)ccc1Cl. The van der Waals surface area contributed by atoms with Gasteiger partial charge in [0.1, 0.15) is 0 Å². The molecule has 0 saturated carbocycles. The van der Waals surface area contributed by atoms with Crippen molar-refractivity contribution in [1.82, 2.24) is 0 Å². The molecule has 0 aromatic heterocycles. The maximum absolute atomic E-state index is 12.5. The minimum Gasteiger partial charge on any atom is -0.465 e. The van der Waals surface area contributed by atoms with E-state index in [4.69, 9.17) is 16.3 Å². The minimum absolute atomic E-state index is 0.204. The number of hydrogen-bond donors (Lipinski definition) is 1. The normalized spacial score (nSPS) is 10.4. The van der Waals surface area contributed by atoms with Crippen molar-refractivity contribution in [3.8, 4) is 0 Å². The van der Waals surface area contributed by atoms with E-state index in [-0.39, 0.29) is 16.5 Å². The number of nitrogens with one attached hydrogen (secondary N) is 1. The maximum atomic E-state index is 12.5. The Labute approximate surface area is 179 Å². The molecule has 6 heteroatoms. The molecule has 0 aliphatic heterocycles. The van der Waals surface area contributed by atoms with Gasteiger partial charge in [0.05, 0.1) is 17.7 Å². The van der Waals surface area contributed by atoms with Crippen molar-refractivity contribution in [2.45, 2.75) is 17.6 Å². The van der Waals surface area contributed by atoms with Crippen LogP contribution in [0.25, 0.3) is 0 Å². The predicted molar refractivity (Wildman–Crippen MR) is 118 cm³/mol. The maximum Gasteiger partial charge on any atom is 0.339 e. The molecule has 3 aromatic carbocycles. The van der Waals surface area contributed by atoms with Crippen molar-refractivity contribution in [1.29, 1.82) is 0 Å². The van der Waals surface area contributed by atoms with Crippen LogP contribution >= 0.6 is 23.4 Å². The lowest BCUT2D eigenvalue weighted by Crippen LogP contribution is -2.12. The standard InChI is InChI=1S/C23H20ClNO3S/c1-15-3-10-19(11-4-15)29-14-16-5-7-17(8-6-16)22(26)25-18-9-12-21(24)20(13-18)23(27)28-2/h3-13H,14H2,1-2H3,(H,25,26). The van der Waals surface area contributed by atoms with Crippen molar-refractivity contribution in [3.63, 3.8) is 0 Å². The smallest absolute Gasteiger partial charge is 0.339 e. The Hall–Kier alpha value is -2.76. The molecule has 0 spiro atoms. The highest BCUT2D eigenvalue weighted by atomic mass is 35.5. The van der Waals surface area contributed by atoms with E-state index < -0.39 is 5.97 Å². The lowest BCUT2D eigenvalue weighted by molar-refractivity contribution is 0.0600. The Morgan fingerprint density at radius 1 is 1.00 bits per heavy atom. The number of methoxy groups -OCH3 is 1. The summed E-state index contributed by atoms with van der Waals surface area (Å²) in [6, 6.07) is 20.6. The summed E-state index contributed by atoms with van der Waals surface area (Å²) >= 11 is 7.76. The van der Waals surface area contributed by atoms with Gasteiger partial charge >= 0.3 is 5.97 Å². The van der Waals surface area contributed by atoms with Gasteiger partial charge in [-0.25, -0.2) is 4.79 Å². The van der Waals surface area contributed by atoms with Crippen LogP contribution in [-0.4, -0.2) is 19.0 Å². The fraction of sp³-hybridized carbons (Fsp3) is 0.130. The Morgan fingerprint density at radius 2 is 1.69 bits per heavy atom. The van der Waals surface area contributed by atoms with Crippen LogP contribution in [0.15, 0.2) is 71.6 Å². The molecule has 0 atom stereocenters. The van der Waals surface area contributed by atoms with Crippen molar-refractivity contribution in [2.75, 3.05) is 12.4 Å². The van der Waals surface area contributed by atoms with E-state index in [2.05, 4.69) is 36.5 Å². The number of halogens is 1. The summed E-state index contributed by atoms with van der Waals surface area (Å²) in [5.74, 6) is 0.00682. The Kier molecular flexibility index (Phi) is 6.96. The molecule has 0 heterocycles. The first kappa shape index (κ1) is 21.0. The van der Waals surface area contributed by atoms with Crippen molar-refractivity contribution in [2.24, 2.45) is 0 Å². The Bertz CT molecular complexity index is 1020. The number of amides is 1. The van der Waals surface area contributed by atoms with Gasteiger partial charge in [-0.05, 0) is 55.0 Å². The van der Waals surface area contributed by atoms with Crippen LogP contribution in [0, 0.1) is 6.92 Å². The molecule has 148 valence electrons. The highest BCUT2D eigenvalue weighted by Crippen LogP contribution is 2.24. The molecule has 1 amide bonds. The zero-order valence-corrected chi connectivity index (χ0v) is 17.6. The molecule has 0 aliphatic carbocycles. The van der Waals surface area contributed by atoms with Gasteiger partial charge in [-0.15, -0.1) is 11.8 Å². The molecule has 0 unspecified atom stereocenters. The van der Waals surface area contributed by atoms with E-state index in [0.29, 0.717) is 11.3 Å². The first-order chi connectivity index (χ1) is 14.0. The second-order valence-corrected chi connectivity index (χ2v) is 7.89. The van der Waals surface area contributed by atoms with Gasteiger partial charge in [-0.3, -0.25) is 4.79 Å². The number of benzene rings is 3. The van der Waals surface area contributed by atoms with Crippen molar-refractivity contribution >= 4 is 40.9 Å². The third-order valence-electron chi connectivity index (χ3n) is 4.27. The third-order valence-corrected chi connectivity index (χ3v) is 5.68. The summed E-state index contributed by atoms with van der Waals surface area (Å²) in [7, 11) is 1.28. The van der Waals surface area contributed by atoms with Gasteiger partial charge in [0.2, 0.25) is 0 Å². The number of carbonyl (C=O) groups is 2. The number of rotatable bonds is 6. The molecule has 0 saturated heterocycles. The van der Waals surface area contributed by atoms with E-state index in [1.165, 1.54) is 23.6 Å². The van der Waals surface area contributed by atoms with Crippen LogP contribution in [0.3, 0.4) is 0 Å². The van der Waals surface area contributed by atoms with Gasteiger partial charge < -0.3 is 10.1 Å². The molecular weight excluding hydrogens is 406 g/mol. The largest absolute Gasteiger partial charge is 0.465 e. The number of hydrogen-bond acceptors (Lipinski definition) is 4. The topological polar surface area (TPSA) is 55.4 Å². The summed E-state index contributed by atoms with van der Waals surface area (Å²) in [6.07, 6.45) is 0. The molecule has 3 aromatic rings. The van der Waals surface area contributed by atoms with Crippen molar-refractivity contribution < 1.29 is 14.3 Å². The lowest BCUT2D eigenvalue weighted by atomic mass is 10.1. The molecule has 1 N–H and O–H groups in total. The van der Waals surface area contributed by atoms with Gasteiger partial charge in [-0.1, -0.05) is 41.4 Å². The average Bonchev–Trinajstić information content (AvgIpc) is 2.74. The summed E-state index contributed by atoms with van der Waals surface area (Å²) < 4.78 is 4.70. The molecular formula is C23H20ClNO3S.